The van der Waals surface area contributed by atoms with Crippen LogP contribution in [0.3, 0.4) is 0 Å². The summed E-state index contributed by atoms with van der Waals surface area (Å²) < 4.78 is 2.12. The lowest BCUT2D eigenvalue weighted by Gasteiger charge is -2.56. The molecule has 0 amide bonds. The second-order valence-electron chi connectivity index (χ2n) is 6.43. The van der Waals surface area contributed by atoms with Crippen molar-refractivity contribution in [2.24, 2.45) is 0 Å². The van der Waals surface area contributed by atoms with E-state index in [-0.39, 0.29) is 0 Å². The first kappa shape index (κ1) is 15.7. The van der Waals surface area contributed by atoms with Gasteiger partial charge in [-0.2, -0.15) is 0 Å². The predicted molar refractivity (Wildman–Crippen MR) is 96.9 cm³/mol. The van der Waals surface area contributed by atoms with Gasteiger partial charge in [0.1, 0.15) is 0 Å². The molecule has 5 heterocycles. The number of halogens is 2. The average Bonchev–Trinajstić information content (AvgIpc) is 2.53. The molecular weight excluding hydrogens is 420 g/mol. The fraction of sp³-hybridized carbons (Fsp3) is 0.412. The normalized spacial score (nSPS) is 24.4. The highest BCUT2D eigenvalue weighted by atomic mass is 79.9. The van der Waals surface area contributed by atoms with E-state index in [1.807, 2.05) is 24.8 Å². The van der Waals surface area contributed by atoms with Gasteiger partial charge in [-0.15, -0.1) is 0 Å². The van der Waals surface area contributed by atoms with Crippen molar-refractivity contribution in [1.82, 2.24) is 19.8 Å². The predicted octanol–water partition coefficient (Wildman–Crippen LogP) is 3.46. The molecule has 3 fully saturated rings. The maximum atomic E-state index is 4.27. The van der Waals surface area contributed by atoms with Crippen LogP contribution in [0.2, 0.25) is 0 Å². The highest BCUT2D eigenvalue weighted by Crippen LogP contribution is 2.34. The molecule has 2 aromatic heterocycles. The van der Waals surface area contributed by atoms with E-state index in [2.05, 4.69) is 63.8 Å². The highest BCUT2D eigenvalue weighted by molar-refractivity contribution is 9.10. The number of piperazine rings is 1. The number of hydrogen-bond acceptors (Lipinski definition) is 4. The number of fused-ring (bicyclic) bond motifs is 2. The zero-order valence-corrected chi connectivity index (χ0v) is 15.9. The molecule has 5 rings (SSSR count). The van der Waals surface area contributed by atoms with E-state index in [9.17, 15) is 0 Å². The van der Waals surface area contributed by atoms with Gasteiger partial charge in [-0.25, -0.2) is 0 Å². The molecule has 2 aromatic rings. The molecule has 0 aromatic carbocycles. The lowest BCUT2D eigenvalue weighted by Crippen LogP contribution is -2.67. The van der Waals surface area contributed by atoms with Gasteiger partial charge >= 0.3 is 0 Å². The monoisotopic (exact) mass is 436 g/mol. The minimum Gasteiger partial charge on any atom is -0.296 e. The van der Waals surface area contributed by atoms with Crippen LogP contribution in [-0.4, -0.2) is 44.9 Å². The summed E-state index contributed by atoms with van der Waals surface area (Å²) >= 11 is 7.01. The third-order valence-electron chi connectivity index (χ3n) is 4.71. The Hall–Kier alpha value is -0.820. The maximum absolute atomic E-state index is 4.27. The number of hydrogen-bond donors (Lipinski definition) is 0. The van der Waals surface area contributed by atoms with Crippen molar-refractivity contribution < 1.29 is 0 Å². The third kappa shape index (κ3) is 3.50. The Morgan fingerprint density at radius 2 is 1.43 bits per heavy atom. The van der Waals surface area contributed by atoms with Gasteiger partial charge in [-0.3, -0.25) is 19.8 Å². The summed E-state index contributed by atoms with van der Waals surface area (Å²) in [5.41, 5.74) is 2.57. The fourth-order valence-corrected chi connectivity index (χ4v) is 4.54. The van der Waals surface area contributed by atoms with E-state index >= 15 is 0 Å². The van der Waals surface area contributed by atoms with Crippen LogP contribution in [0.4, 0.5) is 0 Å². The van der Waals surface area contributed by atoms with Gasteiger partial charge in [-0.1, -0.05) is 0 Å². The largest absolute Gasteiger partial charge is 0.296 e. The average molecular weight is 438 g/mol. The van der Waals surface area contributed by atoms with E-state index in [1.54, 1.807) is 0 Å². The first-order valence-electron chi connectivity index (χ1n) is 7.84. The van der Waals surface area contributed by atoms with Crippen LogP contribution in [0.25, 0.3) is 0 Å². The Bertz CT molecular complexity index is 696. The van der Waals surface area contributed by atoms with E-state index in [1.165, 1.54) is 17.5 Å². The van der Waals surface area contributed by atoms with Crippen LogP contribution in [0.5, 0.6) is 0 Å². The Balaban J connectivity index is 1.37. The van der Waals surface area contributed by atoms with Crippen molar-refractivity contribution in [3.8, 4) is 0 Å². The summed E-state index contributed by atoms with van der Waals surface area (Å²) in [5.74, 6) is 0. The minimum absolute atomic E-state index is 0.674. The number of aromatic nitrogens is 2. The van der Waals surface area contributed by atoms with E-state index in [0.29, 0.717) is 12.1 Å². The summed E-state index contributed by atoms with van der Waals surface area (Å²) in [6.07, 6.45) is 8.95. The van der Waals surface area contributed by atoms with E-state index in [0.717, 1.165) is 35.1 Å². The van der Waals surface area contributed by atoms with Crippen molar-refractivity contribution in [1.29, 1.82) is 0 Å². The minimum atomic E-state index is 0.674. The molecule has 0 saturated carbocycles. The first-order valence-corrected chi connectivity index (χ1v) is 9.43. The zero-order chi connectivity index (χ0) is 15.8. The van der Waals surface area contributed by atoms with Gasteiger partial charge in [0.05, 0.1) is 0 Å². The van der Waals surface area contributed by atoms with Gasteiger partial charge in [0.25, 0.3) is 0 Å². The molecule has 0 aliphatic carbocycles. The molecule has 2 atom stereocenters. The summed E-state index contributed by atoms with van der Waals surface area (Å²) in [6, 6.07) is 5.69. The molecule has 120 valence electrons. The molecule has 4 nitrogen and oxygen atoms in total. The Morgan fingerprint density at radius 3 is 2.00 bits per heavy atom. The Labute approximate surface area is 153 Å². The van der Waals surface area contributed by atoms with Gasteiger partial charge in [0, 0.05) is 72.0 Å². The van der Waals surface area contributed by atoms with Crippen molar-refractivity contribution in [3.05, 3.63) is 57.0 Å². The zero-order valence-electron chi connectivity index (χ0n) is 12.7. The SMILES string of the molecule is Brc1cncc(CN2CC3CC(C2)N3Cc2cncc(Br)c2)c1. The second-order valence-corrected chi connectivity index (χ2v) is 8.26. The van der Waals surface area contributed by atoms with Gasteiger partial charge < -0.3 is 0 Å². The summed E-state index contributed by atoms with van der Waals surface area (Å²) in [7, 11) is 0. The third-order valence-corrected chi connectivity index (χ3v) is 5.58. The molecule has 23 heavy (non-hydrogen) atoms. The van der Waals surface area contributed by atoms with Crippen molar-refractivity contribution in [2.75, 3.05) is 13.1 Å². The quantitative estimate of drug-likeness (QED) is 0.733. The molecular formula is C17H18Br2N4. The molecule has 2 unspecified atom stereocenters. The highest BCUT2D eigenvalue weighted by Gasteiger charge is 2.44. The van der Waals surface area contributed by atoms with Crippen LogP contribution in [-0.2, 0) is 13.1 Å². The number of piperidine rings is 1. The van der Waals surface area contributed by atoms with E-state index < -0.39 is 0 Å². The fourth-order valence-electron chi connectivity index (χ4n) is 3.72. The van der Waals surface area contributed by atoms with Crippen LogP contribution >= 0.6 is 31.9 Å². The molecule has 6 heteroatoms. The molecule has 0 N–H and O–H groups in total. The summed E-state index contributed by atoms with van der Waals surface area (Å²) in [4.78, 5) is 13.7. The Kier molecular flexibility index (Phi) is 4.50. The molecule has 3 aliphatic rings. The number of rotatable bonds is 4. The second kappa shape index (κ2) is 6.59. The number of nitrogens with zero attached hydrogens (tertiary/aromatic N) is 4. The van der Waals surface area contributed by atoms with Crippen LogP contribution in [0.1, 0.15) is 17.5 Å². The number of pyridine rings is 2. The molecule has 0 radical (unpaired) electrons. The lowest BCUT2D eigenvalue weighted by atomic mass is 9.86. The van der Waals surface area contributed by atoms with Crippen molar-refractivity contribution in [2.45, 2.75) is 31.6 Å². The van der Waals surface area contributed by atoms with Crippen molar-refractivity contribution >= 4 is 31.9 Å². The van der Waals surface area contributed by atoms with Crippen LogP contribution < -0.4 is 0 Å². The standard InChI is InChI=1S/C17H18Br2N4/c18-14-1-12(4-20-6-14)8-22-10-16-3-17(11-22)23(16)9-13-2-15(19)7-21-5-13/h1-2,4-7,16-17H,3,8-11H2. The maximum Gasteiger partial charge on any atom is 0.0410 e. The van der Waals surface area contributed by atoms with Gasteiger partial charge in [-0.05, 0) is 61.5 Å². The summed E-state index contributed by atoms with van der Waals surface area (Å²) in [5, 5.41) is 0. The van der Waals surface area contributed by atoms with Crippen LogP contribution in [0, 0.1) is 0 Å². The summed E-state index contributed by atoms with van der Waals surface area (Å²) in [6.45, 7) is 4.29. The smallest absolute Gasteiger partial charge is 0.0410 e. The molecule has 2 bridgehead atoms. The molecule has 3 saturated heterocycles. The van der Waals surface area contributed by atoms with Gasteiger partial charge in [0.15, 0.2) is 0 Å². The molecule has 3 aliphatic heterocycles. The lowest BCUT2D eigenvalue weighted by molar-refractivity contribution is -0.0775. The first-order chi connectivity index (χ1) is 11.2. The molecule has 0 spiro atoms. The van der Waals surface area contributed by atoms with Crippen LogP contribution in [0.15, 0.2) is 45.9 Å². The Morgan fingerprint density at radius 1 is 0.870 bits per heavy atom. The van der Waals surface area contributed by atoms with Gasteiger partial charge in [0.2, 0.25) is 0 Å². The van der Waals surface area contributed by atoms with E-state index in [4.69, 9.17) is 0 Å². The topological polar surface area (TPSA) is 32.3 Å². The van der Waals surface area contributed by atoms with Crippen molar-refractivity contribution in [3.63, 3.8) is 0 Å².